The highest BCUT2D eigenvalue weighted by atomic mass is 35.5. The third kappa shape index (κ3) is 4.99. The number of halogens is 1. The van der Waals surface area contributed by atoms with Crippen LogP contribution in [0.1, 0.15) is 11.6 Å². The zero-order valence-electron chi connectivity index (χ0n) is 15.3. The number of piperazine rings is 1. The summed E-state index contributed by atoms with van der Waals surface area (Å²) in [5.41, 5.74) is 0.839. The van der Waals surface area contributed by atoms with Gasteiger partial charge >= 0.3 is 5.97 Å². The summed E-state index contributed by atoms with van der Waals surface area (Å²) in [6, 6.07) is 9.34. The summed E-state index contributed by atoms with van der Waals surface area (Å²) in [6.07, 6.45) is 3.34. The van der Waals surface area contributed by atoms with E-state index in [9.17, 15) is 13.2 Å². The molecule has 1 N–H and O–H groups in total. The van der Waals surface area contributed by atoms with Crippen LogP contribution >= 0.6 is 12.4 Å². The van der Waals surface area contributed by atoms with Gasteiger partial charge in [0, 0.05) is 32.0 Å². The van der Waals surface area contributed by atoms with Gasteiger partial charge in [-0.3, -0.25) is 4.98 Å². The van der Waals surface area contributed by atoms with E-state index < -0.39 is 16.0 Å². The van der Waals surface area contributed by atoms with Crippen molar-refractivity contribution >= 4 is 28.4 Å². The molecule has 1 atom stereocenters. The van der Waals surface area contributed by atoms with Crippen LogP contribution in [0.5, 0.6) is 5.75 Å². The van der Waals surface area contributed by atoms with Gasteiger partial charge < -0.3 is 14.8 Å². The molecule has 8 nitrogen and oxygen atoms in total. The summed E-state index contributed by atoms with van der Waals surface area (Å²) in [4.78, 5) is 15.4. The first-order valence-electron chi connectivity index (χ1n) is 8.44. The largest absolute Gasteiger partial charge is 0.482 e. The van der Waals surface area contributed by atoms with Gasteiger partial charge in [0.15, 0.2) is 6.61 Å². The Morgan fingerprint density at radius 3 is 2.68 bits per heavy atom. The monoisotopic (exact) mass is 427 g/mol. The predicted octanol–water partition coefficient (Wildman–Crippen LogP) is 1.39. The van der Waals surface area contributed by atoms with E-state index >= 15 is 0 Å². The van der Waals surface area contributed by atoms with Crippen LogP contribution in [0.4, 0.5) is 0 Å². The first-order valence-corrected chi connectivity index (χ1v) is 9.88. The number of rotatable bonds is 6. The van der Waals surface area contributed by atoms with Gasteiger partial charge in [-0.2, -0.15) is 4.31 Å². The molecule has 0 spiro atoms. The zero-order chi connectivity index (χ0) is 19.3. The second-order valence-corrected chi connectivity index (χ2v) is 7.85. The third-order valence-electron chi connectivity index (χ3n) is 4.28. The van der Waals surface area contributed by atoms with Crippen molar-refractivity contribution in [3.8, 4) is 5.75 Å². The third-order valence-corrected chi connectivity index (χ3v) is 6.20. The van der Waals surface area contributed by atoms with Crippen LogP contribution in [0.2, 0.25) is 0 Å². The molecule has 2 aromatic rings. The molecule has 1 aliphatic rings. The fourth-order valence-corrected chi connectivity index (χ4v) is 4.49. The lowest BCUT2D eigenvalue weighted by molar-refractivity contribution is -0.142. The lowest BCUT2D eigenvalue weighted by Gasteiger charge is -2.35. The first-order chi connectivity index (χ1) is 13.0. The molecule has 2 heterocycles. The average molecular weight is 428 g/mol. The van der Waals surface area contributed by atoms with E-state index in [1.165, 1.54) is 35.7 Å². The highest BCUT2D eigenvalue weighted by molar-refractivity contribution is 7.89. The molecule has 0 radical (unpaired) electrons. The number of hydrogen-bond donors (Lipinski definition) is 1. The maximum atomic E-state index is 13.2. The molecule has 1 unspecified atom stereocenters. The maximum Gasteiger partial charge on any atom is 0.343 e. The Morgan fingerprint density at radius 1 is 1.29 bits per heavy atom. The van der Waals surface area contributed by atoms with Crippen molar-refractivity contribution in [1.82, 2.24) is 14.6 Å². The number of nitrogens with zero attached hydrogens (tertiary/aromatic N) is 2. The number of carbonyl (C=O) groups excluding carboxylic acids is 1. The average Bonchev–Trinajstić information content (AvgIpc) is 2.73. The summed E-state index contributed by atoms with van der Waals surface area (Å²) < 4.78 is 37.6. The number of carbonyl (C=O) groups is 1. The second-order valence-electron chi connectivity index (χ2n) is 5.96. The van der Waals surface area contributed by atoms with Gasteiger partial charge in [0.2, 0.25) is 10.0 Å². The van der Waals surface area contributed by atoms with Crippen molar-refractivity contribution in [3.63, 3.8) is 0 Å². The number of pyridine rings is 1. The standard InChI is InChI=1S/C18H21N3O5S.ClH/c1-25-18(22)13-26-15-4-6-16(7-5-15)27(23,24)21-10-9-20-12-17(21)14-3-2-8-19-11-14;/h2-8,11,17,20H,9-10,12-13H2,1H3;1H. The summed E-state index contributed by atoms with van der Waals surface area (Å²) in [6.45, 7) is 1.23. The number of esters is 1. The minimum absolute atomic E-state index is 0. The van der Waals surface area contributed by atoms with Crippen LogP contribution < -0.4 is 10.1 Å². The molecule has 1 aliphatic heterocycles. The molecule has 3 rings (SSSR count). The Bertz CT molecular complexity index is 878. The normalized spacial score (nSPS) is 17.4. The van der Waals surface area contributed by atoms with E-state index in [2.05, 4.69) is 15.0 Å². The van der Waals surface area contributed by atoms with Gasteiger partial charge in [0.25, 0.3) is 0 Å². The Balaban J connectivity index is 0.00000280. The van der Waals surface area contributed by atoms with Crippen LogP contribution in [0.15, 0.2) is 53.7 Å². The Kier molecular flexibility index (Phi) is 7.76. The molecule has 0 saturated carbocycles. The number of nitrogens with one attached hydrogen (secondary N) is 1. The SMILES string of the molecule is COC(=O)COc1ccc(S(=O)(=O)N2CCNCC2c2cccnc2)cc1.Cl. The van der Waals surface area contributed by atoms with E-state index in [4.69, 9.17) is 4.74 Å². The molecular formula is C18H22ClN3O5S. The molecular weight excluding hydrogens is 406 g/mol. The smallest absolute Gasteiger partial charge is 0.343 e. The summed E-state index contributed by atoms with van der Waals surface area (Å²) in [7, 11) is -2.42. The fraction of sp³-hybridized carbons (Fsp3) is 0.333. The molecule has 10 heteroatoms. The maximum absolute atomic E-state index is 13.2. The Labute approximate surface area is 170 Å². The fourth-order valence-electron chi connectivity index (χ4n) is 2.87. The Morgan fingerprint density at radius 2 is 2.04 bits per heavy atom. The summed E-state index contributed by atoms with van der Waals surface area (Å²) in [5.74, 6) is -0.115. The van der Waals surface area contributed by atoms with Gasteiger partial charge in [0.05, 0.1) is 18.0 Å². The topological polar surface area (TPSA) is 97.8 Å². The molecule has 28 heavy (non-hydrogen) atoms. The molecule has 0 aliphatic carbocycles. The van der Waals surface area contributed by atoms with Crippen LogP contribution in [-0.4, -0.2) is 57.0 Å². The van der Waals surface area contributed by atoms with Crippen LogP contribution in [-0.2, 0) is 19.6 Å². The van der Waals surface area contributed by atoms with Crippen molar-refractivity contribution < 1.29 is 22.7 Å². The second kappa shape index (κ2) is 9.83. The van der Waals surface area contributed by atoms with Crippen molar-refractivity contribution in [2.24, 2.45) is 0 Å². The first kappa shape index (κ1) is 22.1. The number of benzene rings is 1. The Hall–Kier alpha value is -2.20. The van der Waals surface area contributed by atoms with E-state index in [1.807, 2.05) is 6.07 Å². The van der Waals surface area contributed by atoms with Gasteiger partial charge in [-0.25, -0.2) is 13.2 Å². The van der Waals surface area contributed by atoms with E-state index in [0.29, 0.717) is 25.4 Å². The molecule has 0 amide bonds. The molecule has 1 aromatic heterocycles. The summed E-state index contributed by atoms with van der Waals surface area (Å²) >= 11 is 0. The minimum atomic E-state index is -3.69. The summed E-state index contributed by atoms with van der Waals surface area (Å²) in [5, 5.41) is 3.23. The predicted molar refractivity (Wildman–Crippen MR) is 105 cm³/mol. The molecule has 1 aromatic carbocycles. The van der Waals surface area contributed by atoms with Crippen molar-refractivity contribution in [2.75, 3.05) is 33.4 Å². The molecule has 152 valence electrons. The van der Waals surface area contributed by atoms with Crippen LogP contribution in [0.25, 0.3) is 0 Å². The van der Waals surface area contributed by atoms with Gasteiger partial charge in [-0.15, -0.1) is 12.4 Å². The number of aromatic nitrogens is 1. The lowest BCUT2D eigenvalue weighted by atomic mass is 10.1. The number of hydrogen-bond acceptors (Lipinski definition) is 7. The van der Waals surface area contributed by atoms with E-state index in [1.54, 1.807) is 18.5 Å². The van der Waals surface area contributed by atoms with Gasteiger partial charge in [-0.1, -0.05) is 6.07 Å². The van der Waals surface area contributed by atoms with E-state index in [0.717, 1.165) is 5.56 Å². The highest BCUT2D eigenvalue weighted by Gasteiger charge is 2.34. The molecule has 1 saturated heterocycles. The van der Waals surface area contributed by atoms with Crippen LogP contribution in [0.3, 0.4) is 0 Å². The molecule has 1 fully saturated rings. The van der Waals surface area contributed by atoms with Gasteiger partial charge in [-0.05, 0) is 35.9 Å². The van der Waals surface area contributed by atoms with Crippen molar-refractivity contribution in [2.45, 2.75) is 10.9 Å². The van der Waals surface area contributed by atoms with Crippen LogP contribution in [0, 0.1) is 0 Å². The van der Waals surface area contributed by atoms with Crippen molar-refractivity contribution in [1.29, 1.82) is 0 Å². The minimum Gasteiger partial charge on any atom is -0.482 e. The van der Waals surface area contributed by atoms with E-state index in [-0.39, 0.29) is 30.0 Å². The van der Waals surface area contributed by atoms with Crippen molar-refractivity contribution in [3.05, 3.63) is 54.4 Å². The zero-order valence-corrected chi connectivity index (χ0v) is 16.9. The number of ether oxygens (including phenoxy) is 2. The van der Waals surface area contributed by atoms with Gasteiger partial charge in [0.1, 0.15) is 5.75 Å². The highest BCUT2D eigenvalue weighted by Crippen LogP contribution is 2.29. The quantitative estimate of drug-likeness (QED) is 0.695. The lowest BCUT2D eigenvalue weighted by Crippen LogP contribution is -2.48. The number of sulfonamides is 1. The molecule has 0 bridgehead atoms. The number of methoxy groups -OCH3 is 1.